The second kappa shape index (κ2) is 7.62. The number of esters is 1. The third-order valence-corrected chi connectivity index (χ3v) is 3.79. The monoisotopic (exact) mass is 385 g/mol. The summed E-state index contributed by atoms with van der Waals surface area (Å²) in [4.78, 5) is 24.6. The Bertz CT molecular complexity index is 733. The molecule has 27 heavy (non-hydrogen) atoms. The maximum absolute atomic E-state index is 12.4. The van der Waals surface area contributed by atoms with Crippen molar-refractivity contribution in [3.63, 3.8) is 0 Å². The normalized spacial score (nSPS) is 20.7. The smallest absolute Gasteiger partial charge is 0.459 e. The molecule has 2 rings (SSSR count). The van der Waals surface area contributed by atoms with Crippen LogP contribution in [-0.2, 0) is 14.3 Å². The van der Waals surface area contributed by atoms with E-state index in [2.05, 4.69) is 10.1 Å². The minimum Gasteiger partial charge on any atom is -0.459 e. The molecule has 0 aromatic heterocycles. The van der Waals surface area contributed by atoms with Gasteiger partial charge in [0.1, 0.15) is 17.3 Å². The summed E-state index contributed by atoms with van der Waals surface area (Å²) in [5.74, 6) is -2.38. The Morgan fingerprint density at radius 2 is 1.74 bits per heavy atom. The van der Waals surface area contributed by atoms with Gasteiger partial charge in [-0.05, 0) is 57.4 Å². The van der Waals surface area contributed by atoms with Crippen LogP contribution < -0.4 is 10.1 Å². The van der Waals surface area contributed by atoms with Crippen LogP contribution in [-0.4, -0.2) is 23.7 Å². The van der Waals surface area contributed by atoms with Crippen molar-refractivity contribution in [3.05, 3.63) is 36.0 Å². The molecule has 148 valence electrons. The average molecular weight is 385 g/mol. The minimum absolute atomic E-state index is 0.271. The number of ketones is 1. The van der Waals surface area contributed by atoms with Gasteiger partial charge in [0.15, 0.2) is 5.78 Å². The van der Waals surface area contributed by atoms with Crippen molar-refractivity contribution in [2.45, 2.75) is 46.1 Å². The van der Waals surface area contributed by atoms with Crippen molar-refractivity contribution in [2.75, 3.05) is 5.32 Å². The number of allylic oxidation sites excluding steroid dienone is 2. The second-order valence-corrected chi connectivity index (χ2v) is 7.46. The van der Waals surface area contributed by atoms with Crippen LogP contribution in [0.1, 0.15) is 34.1 Å². The van der Waals surface area contributed by atoms with Crippen LogP contribution in [0.3, 0.4) is 0 Å². The molecule has 0 saturated heterocycles. The maximum atomic E-state index is 12.4. The third-order valence-electron chi connectivity index (χ3n) is 3.79. The number of benzene rings is 1. The molecule has 8 heteroatoms. The number of halogens is 3. The number of hydrogen-bond acceptors (Lipinski definition) is 5. The molecule has 1 aliphatic rings. The zero-order chi connectivity index (χ0) is 20.4. The molecule has 0 radical (unpaired) electrons. The van der Waals surface area contributed by atoms with E-state index >= 15 is 0 Å². The van der Waals surface area contributed by atoms with E-state index in [1.165, 1.54) is 30.3 Å². The lowest BCUT2D eigenvalue weighted by Gasteiger charge is -2.29. The molecular weight excluding hydrogens is 363 g/mol. The van der Waals surface area contributed by atoms with Gasteiger partial charge in [0.05, 0.1) is 0 Å². The van der Waals surface area contributed by atoms with Crippen LogP contribution in [0.4, 0.5) is 18.9 Å². The van der Waals surface area contributed by atoms with Crippen LogP contribution in [0.15, 0.2) is 36.0 Å². The number of nitrogens with one attached hydrogen (secondary N) is 1. The summed E-state index contributed by atoms with van der Waals surface area (Å²) in [5, 5.41) is 2.99. The molecule has 0 amide bonds. The van der Waals surface area contributed by atoms with Gasteiger partial charge in [-0.1, -0.05) is 6.92 Å². The van der Waals surface area contributed by atoms with E-state index < -0.39 is 23.9 Å². The summed E-state index contributed by atoms with van der Waals surface area (Å²) in [6.45, 7) is 6.98. The number of rotatable bonds is 4. The van der Waals surface area contributed by atoms with Gasteiger partial charge >= 0.3 is 12.3 Å². The molecule has 0 spiro atoms. The van der Waals surface area contributed by atoms with Crippen molar-refractivity contribution >= 4 is 17.4 Å². The number of carbonyl (C=O) groups excluding carboxylic acids is 2. The first-order valence-electron chi connectivity index (χ1n) is 8.44. The van der Waals surface area contributed by atoms with Gasteiger partial charge in [-0.15, -0.1) is 13.2 Å². The second-order valence-electron chi connectivity index (χ2n) is 7.46. The highest BCUT2D eigenvalue weighted by atomic mass is 19.4. The molecule has 0 aliphatic heterocycles. The Balaban J connectivity index is 2.05. The minimum atomic E-state index is -4.75. The predicted molar refractivity (Wildman–Crippen MR) is 93.0 cm³/mol. The fraction of sp³-hybridized carbons (Fsp3) is 0.474. The fourth-order valence-corrected chi connectivity index (χ4v) is 2.79. The van der Waals surface area contributed by atoms with Crippen LogP contribution in [0.5, 0.6) is 5.75 Å². The van der Waals surface area contributed by atoms with E-state index in [0.717, 1.165) is 0 Å². The van der Waals surface area contributed by atoms with E-state index in [1.807, 2.05) is 0 Å². The highest BCUT2D eigenvalue weighted by Crippen LogP contribution is 2.31. The summed E-state index contributed by atoms with van der Waals surface area (Å²) in [6.07, 6.45) is -2.98. The number of carbonyl (C=O) groups is 2. The molecule has 0 bridgehead atoms. The standard InChI is InChI=1S/C19H22F3NO4/c1-11-9-13(10-15(24)16(11)17(25)27-18(2,3)4)23-12-5-7-14(8-6-12)26-19(20,21)22/h5-8,10-11,16,23H,9H2,1-4H3/t11-,16+/m0/s1. The molecule has 0 saturated carbocycles. The van der Waals surface area contributed by atoms with Gasteiger partial charge < -0.3 is 14.8 Å². The third kappa shape index (κ3) is 6.30. The van der Waals surface area contributed by atoms with Gasteiger partial charge in [0, 0.05) is 17.5 Å². The summed E-state index contributed by atoms with van der Waals surface area (Å²) in [5.41, 5.74) is 0.405. The van der Waals surface area contributed by atoms with Crippen molar-refractivity contribution in [2.24, 2.45) is 11.8 Å². The lowest BCUT2D eigenvalue weighted by Crippen LogP contribution is -2.38. The Hall–Kier alpha value is -2.51. The Morgan fingerprint density at radius 3 is 2.22 bits per heavy atom. The Morgan fingerprint density at radius 1 is 1.15 bits per heavy atom. The number of anilines is 1. The number of hydrogen-bond donors (Lipinski definition) is 1. The van der Waals surface area contributed by atoms with Crippen LogP contribution >= 0.6 is 0 Å². The van der Waals surface area contributed by atoms with E-state index in [4.69, 9.17) is 4.74 Å². The van der Waals surface area contributed by atoms with Gasteiger partial charge in [-0.3, -0.25) is 9.59 Å². The first kappa shape index (κ1) is 20.8. The molecule has 0 fully saturated rings. The van der Waals surface area contributed by atoms with Crippen LogP contribution in [0.25, 0.3) is 0 Å². The molecule has 1 aromatic carbocycles. The highest BCUT2D eigenvalue weighted by Gasteiger charge is 2.38. The molecule has 0 heterocycles. The fourth-order valence-electron chi connectivity index (χ4n) is 2.79. The van der Waals surface area contributed by atoms with Crippen molar-refractivity contribution < 1.29 is 32.2 Å². The summed E-state index contributed by atoms with van der Waals surface area (Å²) < 4.78 is 45.7. The zero-order valence-electron chi connectivity index (χ0n) is 15.5. The molecule has 1 aromatic rings. The van der Waals surface area contributed by atoms with E-state index in [0.29, 0.717) is 17.8 Å². The molecular formula is C19H22F3NO4. The summed E-state index contributed by atoms with van der Waals surface area (Å²) >= 11 is 0. The lowest BCUT2D eigenvalue weighted by molar-refractivity contribution is -0.274. The zero-order valence-corrected chi connectivity index (χ0v) is 15.5. The summed E-state index contributed by atoms with van der Waals surface area (Å²) in [6, 6.07) is 5.18. The maximum Gasteiger partial charge on any atom is 0.573 e. The first-order chi connectivity index (χ1) is 12.3. The molecule has 1 N–H and O–H groups in total. The predicted octanol–water partition coefficient (Wildman–Crippen LogP) is 4.45. The van der Waals surface area contributed by atoms with Gasteiger partial charge in [-0.25, -0.2) is 0 Å². The van der Waals surface area contributed by atoms with Crippen molar-refractivity contribution in [1.29, 1.82) is 0 Å². The van der Waals surface area contributed by atoms with Gasteiger partial charge in [-0.2, -0.15) is 0 Å². The van der Waals surface area contributed by atoms with E-state index in [9.17, 15) is 22.8 Å². The quantitative estimate of drug-likeness (QED) is 0.613. The topological polar surface area (TPSA) is 64.6 Å². The molecule has 5 nitrogen and oxygen atoms in total. The van der Waals surface area contributed by atoms with Crippen molar-refractivity contribution in [3.8, 4) is 5.75 Å². The highest BCUT2D eigenvalue weighted by molar-refractivity contribution is 6.06. The largest absolute Gasteiger partial charge is 0.573 e. The number of ether oxygens (including phenoxy) is 2. The molecule has 0 unspecified atom stereocenters. The van der Waals surface area contributed by atoms with Crippen molar-refractivity contribution in [1.82, 2.24) is 0 Å². The van der Waals surface area contributed by atoms with E-state index in [-0.39, 0.29) is 17.5 Å². The molecule has 1 aliphatic carbocycles. The Kier molecular flexibility index (Phi) is 5.87. The lowest BCUT2D eigenvalue weighted by atomic mass is 9.81. The summed E-state index contributed by atoms with van der Waals surface area (Å²) in [7, 11) is 0. The Labute approximate surface area is 155 Å². The number of alkyl halides is 3. The van der Waals surface area contributed by atoms with Crippen LogP contribution in [0.2, 0.25) is 0 Å². The first-order valence-corrected chi connectivity index (χ1v) is 8.44. The average Bonchev–Trinajstić information content (AvgIpc) is 2.45. The van der Waals surface area contributed by atoms with E-state index in [1.54, 1.807) is 27.7 Å². The van der Waals surface area contributed by atoms with Gasteiger partial charge in [0.2, 0.25) is 0 Å². The SMILES string of the molecule is C[C@H]1CC(Nc2ccc(OC(F)(F)F)cc2)=CC(=O)[C@@H]1C(=O)OC(C)(C)C. The van der Waals surface area contributed by atoms with Gasteiger partial charge in [0.25, 0.3) is 0 Å². The van der Waals surface area contributed by atoms with Crippen LogP contribution in [0, 0.1) is 11.8 Å². The molecule has 2 atom stereocenters.